The first kappa shape index (κ1) is 17.2. The molecule has 3 aromatic rings. The minimum absolute atomic E-state index is 0.0230. The van der Waals surface area contributed by atoms with Crippen LogP contribution in [0.15, 0.2) is 51.7 Å². The minimum Gasteiger partial charge on any atom is -0.496 e. The van der Waals surface area contributed by atoms with Gasteiger partial charge in [-0.25, -0.2) is 0 Å². The largest absolute Gasteiger partial charge is 0.496 e. The molecule has 0 aliphatic carbocycles. The average Bonchev–Trinajstić information content (AvgIpc) is 2.60. The van der Waals surface area contributed by atoms with Crippen LogP contribution in [0.25, 0.3) is 11.0 Å². The number of ether oxygens (including phenoxy) is 1. The predicted octanol–water partition coefficient (Wildman–Crippen LogP) is 3.76. The summed E-state index contributed by atoms with van der Waals surface area (Å²) in [5.41, 5.74) is 3.32. The Balaban J connectivity index is 2.22. The van der Waals surface area contributed by atoms with Crippen molar-refractivity contribution in [2.24, 2.45) is 0 Å². The molecule has 25 heavy (non-hydrogen) atoms. The summed E-state index contributed by atoms with van der Waals surface area (Å²) >= 11 is 0. The van der Waals surface area contributed by atoms with Gasteiger partial charge in [-0.2, -0.15) is 0 Å². The van der Waals surface area contributed by atoms with Crippen LogP contribution < -0.4 is 10.2 Å². The van der Waals surface area contributed by atoms with E-state index in [0.29, 0.717) is 35.3 Å². The number of methoxy groups -OCH3 is 1. The molecule has 0 bridgehead atoms. The fourth-order valence-corrected chi connectivity index (χ4v) is 3.04. The molecule has 0 unspecified atom stereocenters. The lowest BCUT2D eigenvalue weighted by atomic mass is 10.0. The van der Waals surface area contributed by atoms with Crippen molar-refractivity contribution in [1.29, 1.82) is 0 Å². The van der Waals surface area contributed by atoms with Crippen LogP contribution in [-0.2, 0) is 13.0 Å². The third kappa shape index (κ3) is 3.44. The van der Waals surface area contributed by atoms with Crippen molar-refractivity contribution in [1.82, 2.24) is 4.90 Å². The van der Waals surface area contributed by atoms with E-state index in [-0.39, 0.29) is 5.43 Å². The topological polar surface area (TPSA) is 42.7 Å². The Hall–Kier alpha value is -2.59. The average molecular weight is 337 g/mol. The molecular formula is C21H23NO3. The Morgan fingerprint density at radius 2 is 1.80 bits per heavy atom. The van der Waals surface area contributed by atoms with E-state index in [0.717, 1.165) is 16.9 Å². The highest BCUT2D eigenvalue weighted by atomic mass is 16.5. The van der Waals surface area contributed by atoms with Gasteiger partial charge in [0.25, 0.3) is 0 Å². The molecule has 0 N–H and O–H groups in total. The molecule has 0 aliphatic rings. The zero-order valence-electron chi connectivity index (χ0n) is 15.1. The van der Waals surface area contributed by atoms with Gasteiger partial charge in [0.2, 0.25) is 0 Å². The normalized spacial score (nSPS) is 11.2. The fourth-order valence-electron chi connectivity index (χ4n) is 3.04. The molecule has 2 aromatic carbocycles. The number of benzene rings is 2. The Labute approximate surface area is 147 Å². The summed E-state index contributed by atoms with van der Waals surface area (Å²) in [6.45, 7) is 2.47. The number of nitrogens with zero attached hydrogens (tertiary/aromatic N) is 1. The molecule has 0 saturated heterocycles. The monoisotopic (exact) mass is 337 g/mol. The Kier molecular flexibility index (Phi) is 4.91. The zero-order valence-corrected chi connectivity index (χ0v) is 15.1. The summed E-state index contributed by atoms with van der Waals surface area (Å²) in [5.74, 6) is 1.44. The Bertz CT molecular complexity index is 943. The summed E-state index contributed by atoms with van der Waals surface area (Å²) in [5, 5.41) is 0.604. The van der Waals surface area contributed by atoms with E-state index in [2.05, 4.69) is 0 Å². The fraction of sp³-hybridized carbons (Fsp3) is 0.286. The van der Waals surface area contributed by atoms with Gasteiger partial charge in [-0.15, -0.1) is 0 Å². The van der Waals surface area contributed by atoms with Crippen molar-refractivity contribution in [2.75, 3.05) is 21.2 Å². The Morgan fingerprint density at radius 1 is 1.08 bits per heavy atom. The number of hydrogen-bond acceptors (Lipinski definition) is 4. The first-order chi connectivity index (χ1) is 12.0. The van der Waals surface area contributed by atoms with Crippen molar-refractivity contribution in [3.8, 4) is 5.75 Å². The molecule has 0 spiro atoms. The molecule has 0 aliphatic heterocycles. The Morgan fingerprint density at radius 3 is 2.44 bits per heavy atom. The molecule has 1 aromatic heterocycles. The maximum atomic E-state index is 12.9. The van der Waals surface area contributed by atoms with Gasteiger partial charge in [-0.1, -0.05) is 30.3 Å². The number of rotatable bonds is 5. The molecule has 0 amide bonds. The van der Waals surface area contributed by atoms with Gasteiger partial charge < -0.3 is 14.1 Å². The highest BCUT2D eigenvalue weighted by Gasteiger charge is 2.17. The third-order valence-electron chi connectivity index (χ3n) is 4.35. The van der Waals surface area contributed by atoms with Crippen molar-refractivity contribution >= 4 is 11.0 Å². The molecule has 3 rings (SSSR count). The second kappa shape index (κ2) is 7.11. The van der Waals surface area contributed by atoms with Gasteiger partial charge in [-0.3, -0.25) is 4.79 Å². The van der Waals surface area contributed by atoms with Gasteiger partial charge in [0.1, 0.15) is 17.1 Å². The van der Waals surface area contributed by atoms with Crippen molar-refractivity contribution in [2.45, 2.75) is 19.9 Å². The van der Waals surface area contributed by atoms with Crippen LogP contribution in [0.2, 0.25) is 0 Å². The standard InChI is InChI=1S/C21H23NO3/c1-14-19(12-15-8-6-5-7-9-15)25-21-16(20(14)23)10-11-18(24-4)17(21)13-22(2)3/h5-11H,12-13H2,1-4H3. The lowest BCUT2D eigenvalue weighted by Gasteiger charge is -2.16. The highest BCUT2D eigenvalue weighted by molar-refractivity contribution is 5.83. The van der Waals surface area contributed by atoms with Crippen LogP contribution in [0.1, 0.15) is 22.5 Å². The maximum absolute atomic E-state index is 12.9. The quantitative estimate of drug-likeness (QED) is 0.711. The van der Waals surface area contributed by atoms with Crippen molar-refractivity contribution in [3.63, 3.8) is 0 Å². The minimum atomic E-state index is 0.0230. The van der Waals surface area contributed by atoms with E-state index >= 15 is 0 Å². The second-order valence-corrected chi connectivity index (χ2v) is 6.50. The number of hydrogen-bond donors (Lipinski definition) is 0. The van der Waals surface area contributed by atoms with Gasteiger partial charge in [0, 0.05) is 18.5 Å². The summed E-state index contributed by atoms with van der Waals surface area (Å²) < 4.78 is 11.7. The highest BCUT2D eigenvalue weighted by Crippen LogP contribution is 2.29. The number of fused-ring (bicyclic) bond motifs is 1. The molecule has 4 nitrogen and oxygen atoms in total. The van der Waals surface area contributed by atoms with Gasteiger partial charge in [0.15, 0.2) is 5.43 Å². The van der Waals surface area contributed by atoms with Crippen LogP contribution in [0.3, 0.4) is 0 Å². The molecule has 0 atom stereocenters. The molecule has 4 heteroatoms. The van der Waals surface area contributed by atoms with Crippen molar-refractivity contribution < 1.29 is 9.15 Å². The van der Waals surface area contributed by atoms with E-state index in [1.54, 1.807) is 13.2 Å². The molecule has 0 saturated carbocycles. The van der Waals surface area contributed by atoms with Gasteiger partial charge >= 0.3 is 0 Å². The second-order valence-electron chi connectivity index (χ2n) is 6.50. The van der Waals surface area contributed by atoms with E-state index in [4.69, 9.17) is 9.15 Å². The summed E-state index contributed by atoms with van der Waals surface area (Å²) in [4.78, 5) is 14.9. The maximum Gasteiger partial charge on any atom is 0.195 e. The van der Waals surface area contributed by atoms with Crippen molar-refractivity contribution in [3.05, 3.63) is 75.1 Å². The van der Waals surface area contributed by atoms with Crippen LogP contribution >= 0.6 is 0 Å². The van der Waals surface area contributed by atoms with Crippen LogP contribution in [-0.4, -0.2) is 26.1 Å². The summed E-state index contributed by atoms with van der Waals surface area (Å²) in [6.07, 6.45) is 0.594. The predicted molar refractivity (Wildman–Crippen MR) is 100 cm³/mol. The van der Waals surface area contributed by atoms with Crippen LogP contribution in [0, 0.1) is 6.92 Å². The molecule has 0 fully saturated rings. The van der Waals surface area contributed by atoms with E-state index in [1.807, 2.05) is 62.3 Å². The molecule has 130 valence electrons. The SMILES string of the molecule is COc1ccc2c(=O)c(C)c(Cc3ccccc3)oc2c1CN(C)C. The summed E-state index contributed by atoms with van der Waals surface area (Å²) in [7, 11) is 5.60. The molecular weight excluding hydrogens is 314 g/mol. The van der Waals surface area contributed by atoms with Crippen LogP contribution in [0.4, 0.5) is 0 Å². The zero-order chi connectivity index (χ0) is 18.0. The summed E-state index contributed by atoms with van der Waals surface area (Å²) in [6, 6.07) is 13.7. The lowest BCUT2D eigenvalue weighted by molar-refractivity contribution is 0.369. The van der Waals surface area contributed by atoms with E-state index in [9.17, 15) is 4.79 Å². The van der Waals surface area contributed by atoms with E-state index < -0.39 is 0 Å². The van der Waals surface area contributed by atoms with E-state index in [1.165, 1.54) is 0 Å². The lowest BCUT2D eigenvalue weighted by Crippen LogP contribution is -2.15. The molecule has 0 radical (unpaired) electrons. The first-order valence-corrected chi connectivity index (χ1v) is 8.32. The first-order valence-electron chi connectivity index (χ1n) is 8.32. The van der Waals surface area contributed by atoms with Crippen LogP contribution in [0.5, 0.6) is 5.75 Å². The molecule has 1 heterocycles. The third-order valence-corrected chi connectivity index (χ3v) is 4.35. The van der Waals surface area contributed by atoms with Gasteiger partial charge in [-0.05, 0) is 38.7 Å². The smallest absolute Gasteiger partial charge is 0.195 e. The van der Waals surface area contributed by atoms with Gasteiger partial charge in [0.05, 0.1) is 18.1 Å².